The minimum Gasteiger partial charge on any atom is -0.366 e. The van der Waals surface area contributed by atoms with Gasteiger partial charge in [0.15, 0.2) is 0 Å². The van der Waals surface area contributed by atoms with E-state index in [9.17, 15) is 9.59 Å². The van der Waals surface area contributed by atoms with E-state index in [1.807, 2.05) is 0 Å². The number of amides is 2. The molecule has 0 heterocycles. The second-order valence-electron chi connectivity index (χ2n) is 3.43. The molecule has 0 rings (SSSR count). The lowest BCUT2D eigenvalue weighted by atomic mass is 10.1. The highest BCUT2D eigenvalue weighted by atomic mass is 16.1. The molecule has 4 nitrogen and oxygen atoms in total. The highest BCUT2D eigenvalue weighted by Gasteiger charge is 1.96. The average Bonchev–Trinajstić information content (AvgIpc) is 2.16. The summed E-state index contributed by atoms with van der Waals surface area (Å²) in [6, 6.07) is 0. The third-order valence-corrected chi connectivity index (χ3v) is 2.09. The summed E-state index contributed by atoms with van der Waals surface area (Å²) in [6.07, 6.45) is 6.02. The van der Waals surface area contributed by atoms with Crippen LogP contribution in [0.5, 0.6) is 0 Å². The van der Waals surface area contributed by atoms with Gasteiger partial charge in [-0.15, -0.1) is 0 Å². The van der Waals surface area contributed by atoms with Gasteiger partial charge < -0.3 is 11.5 Å². The molecular formula is C11H18N2O2. The molecule has 0 unspecified atom stereocenters. The summed E-state index contributed by atoms with van der Waals surface area (Å²) < 4.78 is 0. The Morgan fingerprint density at radius 3 is 1.53 bits per heavy atom. The van der Waals surface area contributed by atoms with Crippen molar-refractivity contribution in [3.05, 3.63) is 23.3 Å². The predicted molar refractivity (Wildman–Crippen MR) is 59.8 cm³/mol. The predicted octanol–water partition coefficient (Wildman–Crippen LogP) is 1.02. The Kier molecular flexibility index (Phi) is 6.09. The van der Waals surface area contributed by atoms with Crippen molar-refractivity contribution < 1.29 is 9.59 Å². The van der Waals surface area contributed by atoms with Crippen LogP contribution in [0.2, 0.25) is 0 Å². The van der Waals surface area contributed by atoms with Gasteiger partial charge in [-0.1, -0.05) is 12.2 Å². The van der Waals surface area contributed by atoms with Gasteiger partial charge in [0.25, 0.3) is 0 Å². The van der Waals surface area contributed by atoms with Crippen LogP contribution in [0.15, 0.2) is 23.3 Å². The fourth-order valence-electron chi connectivity index (χ4n) is 0.956. The normalized spacial score (nSPS) is 12.7. The van der Waals surface area contributed by atoms with Crippen LogP contribution in [0, 0.1) is 0 Å². The molecule has 4 N–H and O–H groups in total. The molecule has 0 saturated carbocycles. The minimum absolute atomic E-state index is 0.390. The molecular weight excluding hydrogens is 192 g/mol. The zero-order chi connectivity index (χ0) is 11.8. The maximum Gasteiger partial charge on any atom is 0.244 e. The number of primary amides is 2. The smallest absolute Gasteiger partial charge is 0.244 e. The maximum absolute atomic E-state index is 10.6. The highest BCUT2D eigenvalue weighted by molar-refractivity contribution is 5.91. The number of hydrogen-bond donors (Lipinski definition) is 2. The topological polar surface area (TPSA) is 86.2 Å². The maximum atomic E-state index is 10.6. The van der Waals surface area contributed by atoms with Crippen LogP contribution in [0.4, 0.5) is 0 Å². The highest BCUT2D eigenvalue weighted by Crippen LogP contribution is 2.03. The van der Waals surface area contributed by atoms with Crippen molar-refractivity contribution in [2.75, 3.05) is 0 Å². The molecule has 0 aromatic carbocycles. The summed E-state index contributed by atoms with van der Waals surface area (Å²) in [5.41, 5.74) is 11.3. The van der Waals surface area contributed by atoms with Crippen LogP contribution in [0.25, 0.3) is 0 Å². The zero-order valence-electron chi connectivity index (χ0n) is 9.25. The Morgan fingerprint density at radius 2 is 1.27 bits per heavy atom. The third-order valence-electron chi connectivity index (χ3n) is 2.09. The molecule has 0 atom stereocenters. The van der Waals surface area contributed by atoms with Crippen LogP contribution < -0.4 is 11.5 Å². The molecule has 0 aromatic heterocycles. The number of carbonyl (C=O) groups excluding carboxylic acids is 2. The van der Waals surface area contributed by atoms with Crippen LogP contribution in [-0.4, -0.2) is 11.8 Å². The summed E-state index contributed by atoms with van der Waals surface area (Å²) in [5.74, 6) is -0.780. The van der Waals surface area contributed by atoms with Gasteiger partial charge in [0.05, 0.1) is 0 Å². The van der Waals surface area contributed by atoms with Crippen LogP contribution in [-0.2, 0) is 9.59 Å². The molecule has 2 amide bonds. The van der Waals surface area contributed by atoms with E-state index in [0.717, 1.165) is 19.3 Å². The van der Waals surface area contributed by atoms with E-state index in [1.54, 1.807) is 26.0 Å². The van der Waals surface area contributed by atoms with Crippen LogP contribution in [0.1, 0.15) is 33.1 Å². The number of unbranched alkanes of at least 4 members (excludes halogenated alkanes) is 2. The molecule has 0 bridgehead atoms. The zero-order valence-corrected chi connectivity index (χ0v) is 9.25. The summed E-state index contributed by atoms with van der Waals surface area (Å²) in [4.78, 5) is 21.3. The van der Waals surface area contributed by atoms with Gasteiger partial charge in [-0.2, -0.15) is 0 Å². The summed E-state index contributed by atoms with van der Waals surface area (Å²) >= 11 is 0. The average molecular weight is 210 g/mol. The Morgan fingerprint density at radius 1 is 0.933 bits per heavy atom. The van der Waals surface area contributed by atoms with Gasteiger partial charge in [-0.05, 0) is 33.1 Å². The Bertz CT molecular complexity index is 274. The van der Waals surface area contributed by atoms with E-state index in [1.165, 1.54) is 0 Å². The Labute approximate surface area is 90.0 Å². The monoisotopic (exact) mass is 210 g/mol. The quantitative estimate of drug-likeness (QED) is 0.506. The molecule has 0 aliphatic carbocycles. The number of hydrogen-bond acceptors (Lipinski definition) is 2. The lowest BCUT2D eigenvalue weighted by Crippen LogP contribution is -2.11. The van der Waals surface area contributed by atoms with Crippen molar-refractivity contribution in [1.82, 2.24) is 0 Å². The van der Waals surface area contributed by atoms with Crippen LogP contribution >= 0.6 is 0 Å². The summed E-state index contributed by atoms with van der Waals surface area (Å²) in [7, 11) is 0. The van der Waals surface area contributed by atoms with E-state index in [0.29, 0.717) is 11.1 Å². The summed E-state index contributed by atoms with van der Waals surface area (Å²) in [6.45, 7) is 3.37. The number of nitrogens with two attached hydrogens (primary N) is 2. The molecule has 0 aromatic rings. The lowest BCUT2D eigenvalue weighted by Gasteiger charge is -1.96. The second-order valence-corrected chi connectivity index (χ2v) is 3.43. The molecule has 0 aliphatic rings. The van der Waals surface area contributed by atoms with Gasteiger partial charge in [0.2, 0.25) is 11.8 Å². The minimum atomic E-state index is -0.390. The van der Waals surface area contributed by atoms with Gasteiger partial charge >= 0.3 is 0 Å². The molecule has 4 heteroatoms. The van der Waals surface area contributed by atoms with E-state index >= 15 is 0 Å². The second kappa shape index (κ2) is 6.81. The van der Waals surface area contributed by atoms with Gasteiger partial charge in [0.1, 0.15) is 0 Å². The van der Waals surface area contributed by atoms with E-state index in [-0.39, 0.29) is 11.8 Å². The molecule has 0 spiro atoms. The first-order chi connectivity index (χ1) is 6.95. The van der Waals surface area contributed by atoms with E-state index in [4.69, 9.17) is 11.5 Å². The number of allylic oxidation sites excluding steroid dienone is 2. The van der Waals surface area contributed by atoms with Crippen molar-refractivity contribution in [3.8, 4) is 0 Å². The van der Waals surface area contributed by atoms with Crippen molar-refractivity contribution in [1.29, 1.82) is 0 Å². The van der Waals surface area contributed by atoms with E-state index < -0.39 is 0 Å². The van der Waals surface area contributed by atoms with Crippen molar-refractivity contribution in [3.63, 3.8) is 0 Å². The molecule has 0 saturated heterocycles. The SMILES string of the molecule is CC(=CCCCC=C(C)C(N)=O)C(N)=O. The first-order valence-corrected chi connectivity index (χ1v) is 4.88. The van der Waals surface area contributed by atoms with Gasteiger partial charge in [-0.3, -0.25) is 9.59 Å². The molecule has 0 aliphatic heterocycles. The fourth-order valence-corrected chi connectivity index (χ4v) is 0.956. The first kappa shape index (κ1) is 13.4. The largest absolute Gasteiger partial charge is 0.366 e. The van der Waals surface area contributed by atoms with Gasteiger partial charge in [-0.25, -0.2) is 0 Å². The van der Waals surface area contributed by atoms with Crippen molar-refractivity contribution >= 4 is 11.8 Å². The molecule has 0 fully saturated rings. The van der Waals surface area contributed by atoms with Crippen molar-refractivity contribution in [2.24, 2.45) is 11.5 Å². The van der Waals surface area contributed by atoms with Crippen LogP contribution in [0.3, 0.4) is 0 Å². The Hall–Kier alpha value is -1.58. The van der Waals surface area contributed by atoms with Gasteiger partial charge in [0, 0.05) is 11.1 Å². The first-order valence-electron chi connectivity index (χ1n) is 4.88. The number of rotatable bonds is 6. The van der Waals surface area contributed by atoms with E-state index in [2.05, 4.69) is 0 Å². The summed E-state index contributed by atoms with van der Waals surface area (Å²) in [5, 5.41) is 0. The van der Waals surface area contributed by atoms with Crippen molar-refractivity contribution in [2.45, 2.75) is 33.1 Å². The fraction of sp³-hybridized carbons (Fsp3) is 0.455. The molecule has 15 heavy (non-hydrogen) atoms. The Balaban J connectivity index is 3.83. The number of carbonyl (C=O) groups is 2. The lowest BCUT2D eigenvalue weighted by molar-refractivity contribution is -0.115. The molecule has 84 valence electrons. The third kappa shape index (κ3) is 6.49. The standard InChI is InChI=1S/C11H18N2O2/c1-8(10(12)14)6-4-3-5-7-9(2)11(13)15/h6-7H,3-5H2,1-2H3,(H2,12,14)(H2,13,15). The molecule has 0 radical (unpaired) electrons.